The van der Waals surface area contributed by atoms with Crippen molar-refractivity contribution in [2.24, 2.45) is 0 Å². The number of ether oxygens (including phenoxy) is 2. The molecule has 2 aromatic heterocycles. The SMILES string of the molecule is [B]CC(=S)CCCOCCOCCNC(=O)[C@H](CCCCn1cc(CCCC(=O)Nc2nnc(C)s2)nn1)NC(=O)C[C@H](NC(=O)C[C@H](NC(=O)CCC(C)(c1ccc(O)cc1)c1ccc(O)cc1)C(=O)O)C(=O)O. The van der Waals surface area contributed by atoms with Gasteiger partial charge in [-0.3, -0.25) is 28.7 Å². The van der Waals surface area contributed by atoms with Crippen molar-refractivity contribution in [1.29, 1.82) is 0 Å². The Morgan fingerprint density at radius 3 is 1.88 bits per heavy atom. The highest BCUT2D eigenvalue weighted by Crippen LogP contribution is 2.38. The number of phenolic OH excluding ortho intramolecular Hbond substituents is 2. The van der Waals surface area contributed by atoms with Gasteiger partial charge in [0.1, 0.15) is 34.6 Å². The molecule has 0 fully saturated rings. The van der Waals surface area contributed by atoms with Crippen LogP contribution in [0.1, 0.15) is 99.4 Å². The number of carboxylic acids is 2. The quantitative estimate of drug-likeness (QED) is 0.0180. The number of aryl methyl sites for hydroxylation is 3. The fourth-order valence-corrected chi connectivity index (χ4v) is 8.35. The first-order chi connectivity index (χ1) is 35.8. The summed E-state index contributed by atoms with van der Waals surface area (Å²) in [4.78, 5) is 90.9. The Bertz CT molecular complexity index is 2470. The van der Waals surface area contributed by atoms with E-state index in [1.54, 1.807) is 42.1 Å². The summed E-state index contributed by atoms with van der Waals surface area (Å²) >= 11 is 6.38. The number of nitrogens with one attached hydrogen (secondary N) is 5. The predicted molar refractivity (Wildman–Crippen MR) is 279 cm³/mol. The van der Waals surface area contributed by atoms with Gasteiger partial charge in [0.15, 0.2) is 0 Å². The molecule has 0 aliphatic heterocycles. The van der Waals surface area contributed by atoms with Gasteiger partial charge in [-0.2, -0.15) is 0 Å². The molecular weight excluding hydrogens is 1010 g/mol. The van der Waals surface area contributed by atoms with Gasteiger partial charge in [-0.05, 0) is 98.5 Å². The van der Waals surface area contributed by atoms with Crippen LogP contribution in [-0.4, -0.2) is 151 Å². The number of hydrogen-bond acceptors (Lipinski definition) is 17. The number of carbonyl (C=O) groups is 7. The molecule has 0 aliphatic rings. The molecule has 4 rings (SSSR count). The molecule has 23 nitrogen and oxygen atoms in total. The molecule has 2 aromatic carbocycles. The molecule has 26 heteroatoms. The Morgan fingerprint density at radius 1 is 0.720 bits per heavy atom. The van der Waals surface area contributed by atoms with E-state index in [2.05, 4.69) is 47.1 Å². The van der Waals surface area contributed by atoms with Gasteiger partial charge in [-0.1, -0.05) is 66.3 Å². The van der Waals surface area contributed by atoms with Crippen LogP contribution in [0.4, 0.5) is 5.13 Å². The van der Waals surface area contributed by atoms with E-state index >= 15 is 0 Å². The van der Waals surface area contributed by atoms with E-state index in [4.69, 9.17) is 29.5 Å². The van der Waals surface area contributed by atoms with Crippen LogP contribution in [0.3, 0.4) is 0 Å². The summed E-state index contributed by atoms with van der Waals surface area (Å²) < 4.78 is 12.7. The average molecular weight is 1080 g/mol. The summed E-state index contributed by atoms with van der Waals surface area (Å²) in [6.07, 6.45) is 4.01. The molecule has 75 heavy (non-hydrogen) atoms. The molecule has 0 aliphatic carbocycles. The Labute approximate surface area is 444 Å². The standard InChI is InChI=1S/C49H65BN10O13S2/c1-31-56-58-48(75-31)55-41(63)10-5-7-34-30-60(59-57-34)22-4-3-9-38(45(67)51-21-24-73-26-25-72-23-6-8-37(74)29-50)52-43(65)28-40(47(70)71)54-44(66)27-39(46(68)69)53-42(64)19-20-49(2,32-11-15-35(61)16-12-32)33-13-17-36(62)18-14-33/h11-18,30,38-40,61-62H,3-10,19-29H2,1-2H3,(H,51,67)(H,52,65)(H,53,64)(H,54,66)(H,68,69)(H,70,71)(H,55,58,63)/t38-,39-,40-/m0/s1. The molecule has 0 unspecified atom stereocenters. The van der Waals surface area contributed by atoms with Gasteiger partial charge in [0.2, 0.25) is 34.7 Å². The molecule has 3 atom stereocenters. The smallest absolute Gasteiger partial charge is 0.326 e. The average Bonchev–Trinajstić information content (AvgIpc) is 4.01. The molecule has 5 amide bonds. The van der Waals surface area contributed by atoms with E-state index in [1.165, 1.54) is 35.6 Å². The summed E-state index contributed by atoms with van der Waals surface area (Å²) in [5.74, 6) is -6.62. The predicted octanol–water partition coefficient (Wildman–Crippen LogP) is 3.06. The maximum atomic E-state index is 13.4. The number of rotatable bonds is 36. The van der Waals surface area contributed by atoms with E-state index in [1.807, 2.05) is 6.92 Å². The van der Waals surface area contributed by atoms with Gasteiger partial charge in [0.25, 0.3) is 0 Å². The van der Waals surface area contributed by atoms with E-state index in [-0.39, 0.29) is 62.8 Å². The molecule has 2 radical (unpaired) electrons. The summed E-state index contributed by atoms with van der Waals surface area (Å²) in [5, 5.41) is 69.4. The highest BCUT2D eigenvalue weighted by Gasteiger charge is 2.33. The van der Waals surface area contributed by atoms with Crippen molar-refractivity contribution in [3.05, 3.63) is 76.6 Å². The second-order valence-corrected chi connectivity index (χ2v) is 19.5. The number of nitrogens with zero attached hydrogens (tertiary/aromatic N) is 5. The van der Waals surface area contributed by atoms with Crippen LogP contribution in [0, 0.1) is 6.92 Å². The number of anilines is 1. The van der Waals surface area contributed by atoms with Crippen LogP contribution in [0.2, 0.25) is 6.32 Å². The van der Waals surface area contributed by atoms with Crippen molar-refractivity contribution in [2.45, 2.75) is 127 Å². The molecular formula is C49H65BN10O13S2. The van der Waals surface area contributed by atoms with Crippen LogP contribution >= 0.6 is 23.6 Å². The number of hydrogen-bond donors (Lipinski definition) is 9. The highest BCUT2D eigenvalue weighted by atomic mass is 32.1. The van der Waals surface area contributed by atoms with Gasteiger partial charge in [0, 0.05) is 44.1 Å². The van der Waals surface area contributed by atoms with Crippen molar-refractivity contribution >= 4 is 82.9 Å². The minimum absolute atomic E-state index is 0.0229. The maximum absolute atomic E-state index is 13.4. The topological polar surface area (TPSA) is 336 Å². The number of unbranched alkanes of at least 4 members (excludes halogenated alkanes) is 1. The van der Waals surface area contributed by atoms with Crippen LogP contribution < -0.4 is 26.6 Å². The van der Waals surface area contributed by atoms with Gasteiger partial charge in [-0.25, -0.2) is 9.59 Å². The molecule has 2 heterocycles. The second-order valence-electron chi connectivity index (χ2n) is 17.7. The van der Waals surface area contributed by atoms with Crippen molar-refractivity contribution in [2.75, 3.05) is 38.3 Å². The van der Waals surface area contributed by atoms with Crippen LogP contribution in [0.15, 0.2) is 54.7 Å². The number of phenols is 2. The Balaban J connectivity index is 1.29. The first-order valence-corrected chi connectivity index (χ1v) is 25.6. The lowest BCUT2D eigenvalue weighted by Crippen LogP contribution is -2.51. The summed E-state index contributed by atoms with van der Waals surface area (Å²) in [6, 6.07) is 7.90. The zero-order valence-electron chi connectivity index (χ0n) is 42.0. The molecule has 4 aromatic rings. The normalized spacial score (nSPS) is 12.5. The van der Waals surface area contributed by atoms with E-state index in [9.17, 15) is 54.0 Å². The number of aliphatic carboxylic acids is 2. The lowest BCUT2D eigenvalue weighted by Gasteiger charge is -2.31. The van der Waals surface area contributed by atoms with Gasteiger partial charge in [0.05, 0.1) is 46.2 Å². The Morgan fingerprint density at radius 2 is 1.31 bits per heavy atom. The number of aromatic nitrogens is 5. The number of thiocarbonyl (C=S) groups is 1. The molecule has 0 bridgehead atoms. The highest BCUT2D eigenvalue weighted by molar-refractivity contribution is 7.80. The fourth-order valence-electron chi connectivity index (χ4n) is 7.60. The van der Waals surface area contributed by atoms with Crippen LogP contribution in [0.5, 0.6) is 11.5 Å². The Hall–Kier alpha value is -6.90. The number of carbonyl (C=O) groups excluding carboxylic acids is 5. The first-order valence-electron chi connectivity index (χ1n) is 24.4. The third-order valence-corrected chi connectivity index (χ3v) is 12.9. The minimum Gasteiger partial charge on any atom is -0.508 e. The monoisotopic (exact) mass is 1080 g/mol. The van der Waals surface area contributed by atoms with Gasteiger partial charge in [-0.15, -0.1) is 15.3 Å². The van der Waals surface area contributed by atoms with E-state index in [0.29, 0.717) is 69.0 Å². The summed E-state index contributed by atoms with van der Waals surface area (Å²) in [6.45, 7) is 5.29. The minimum atomic E-state index is -1.84. The molecule has 0 saturated heterocycles. The summed E-state index contributed by atoms with van der Waals surface area (Å²) in [7, 11) is 5.51. The fraction of sp³-hybridized carbons (Fsp3) is 0.510. The lowest BCUT2D eigenvalue weighted by atomic mass is 9.73. The van der Waals surface area contributed by atoms with E-state index in [0.717, 1.165) is 27.4 Å². The van der Waals surface area contributed by atoms with E-state index < -0.39 is 71.9 Å². The zero-order chi connectivity index (χ0) is 54.8. The Kier molecular flexibility index (Phi) is 25.7. The molecule has 0 spiro atoms. The molecule has 404 valence electrons. The third-order valence-electron chi connectivity index (χ3n) is 11.8. The third kappa shape index (κ3) is 22.2. The van der Waals surface area contributed by atoms with Gasteiger partial charge < -0.3 is 56.5 Å². The largest absolute Gasteiger partial charge is 0.508 e. The molecule has 0 saturated carbocycles. The molecule has 9 N–H and O–H groups in total. The zero-order valence-corrected chi connectivity index (χ0v) is 43.6. The van der Waals surface area contributed by atoms with Crippen molar-refractivity contribution in [3.63, 3.8) is 0 Å². The van der Waals surface area contributed by atoms with Crippen LogP contribution in [-0.2, 0) is 61.4 Å². The van der Waals surface area contributed by atoms with Crippen molar-refractivity contribution in [3.8, 4) is 11.5 Å². The lowest BCUT2D eigenvalue weighted by molar-refractivity contribution is -0.145. The van der Waals surface area contributed by atoms with Crippen molar-refractivity contribution in [1.82, 2.24) is 46.5 Å². The maximum Gasteiger partial charge on any atom is 0.326 e. The summed E-state index contributed by atoms with van der Waals surface area (Å²) in [5.41, 5.74) is 1.27. The second kappa shape index (κ2) is 31.7. The number of aromatic hydroxyl groups is 2. The number of amides is 5. The van der Waals surface area contributed by atoms with Crippen molar-refractivity contribution < 1.29 is 63.5 Å². The first kappa shape index (κ1) is 60.7. The number of carboxylic acid groups (broad SMARTS) is 2. The van der Waals surface area contributed by atoms with Gasteiger partial charge >= 0.3 is 11.9 Å². The van der Waals surface area contributed by atoms with Crippen LogP contribution in [0.25, 0.3) is 0 Å². The number of benzene rings is 2.